The van der Waals surface area contributed by atoms with Gasteiger partial charge in [-0.1, -0.05) is 18.2 Å². The Morgan fingerprint density at radius 1 is 1.08 bits per heavy atom. The monoisotopic (exact) mass is 347 g/mol. The third-order valence-electron chi connectivity index (χ3n) is 4.98. The van der Waals surface area contributed by atoms with Crippen molar-refractivity contribution in [3.05, 3.63) is 59.8 Å². The normalized spacial score (nSPS) is 14.7. The number of nitrogens with zero attached hydrogens (tertiary/aromatic N) is 4. The van der Waals surface area contributed by atoms with Crippen LogP contribution < -0.4 is 10.6 Å². The van der Waals surface area contributed by atoms with Gasteiger partial charge in [-0.2, -0.15) is 5.10 Å². The van der Waals surface area contributed by atoms with Crippen LogP contribution >= 0.6 is 0 Å². The van der Waals surface area contributed by atoms with Crippen molar-refractivity contribution in [1.29, 1.82) is 0 Å². The molecule has 2 aromatic carbocycles. The SMILES string of the molecule is Cc1ccccc1C(=O)N1CCN(c2ccc3c(N)nncc3c2)CC1. The average molecular weight is 347 g/mol. The Bertz CT molecular complexity index is 963. The van der Waals surface area contributed by atoms with Gasteiger partial charge in [-0.05, 0) is 36.8 Å². The lowest BCUT2D eigenvalue weighted by molar-refractivity contribution is 0.0746. The molecule has 1 amide bonds. The van der Waals surface area contributed by atoms with Crippen molar-refractivity contribution < 1.29 is 4.79 Å². The highest BCUT2D eigenvalue weighted by Crippen LogP contribution is 2.25. The number of carbonyl (C=O) groups is 1. The quantitative estimate of drug-likeness (QED) is 0.771. The van der Waals surface area contributed by atoms with Crippen LogP contribution in [0.15, 0.2) is 48.7 Å². The van der Waals surface area contributed by atoms with Crippen molar-refractivity contribution in [2.45, 2.75) is 6.92 Å². The van der Waals surface area contributed by atoms with E-state index in [0.29, 0.717) is 18.9 Å². The molecule has 2 heterocycles. The zero-order chi connectivity index (χ0) is 18.1. The zero-order valence-corrected chi connectivity index (χ0v) is 14.7. The lowest BCUT2D eigenvalue weighted by Gasteiger charge is -2.36. The van der Waals surface area contributed by atoms with E-state index >= 15 is 0 Å². The fourth-order valence-electron chi connectivity index (χ4n) is 3.44. The molecule has 26 heavy (non-hydrogen) atoms. The standard InChI is InChI=1S/C20H21N5O/c1-14-4-2-3-5-17(14)20(26)25-10-8-24(9-11-25)16-6-7-18-15(12-16)13-22-23-19(18)21/h2-7,12-13H,8-11H2,1H3,(H2,21,23). The number of hydrogen-bond acceptors (Lipinski definition) is 5. The molecule has 1 saturated heterocycles. The number of hydrogen-bond donors (Lipinski definition) is 1. The topological polar surface area (TPSA) is 75.4 Å². The molecule has 1 aromatic heterocycles. The molecule has 6 heteroatoms. The Morgan fingerprint density at radius 3 is 2.62 bits per heavy atom. The first-order valence-electron chi connectivity index (χ1n) is 8.74. The van der Waals surface area contributed by atoms with Crippen molar-refractivity contribution in [2.75, 3.05) is 36.8 Å². The highest BCUT2D eigenvalue weighted by Gasteiger charge is 2.23. The number of rotatable bonds is 2. The number of fused-ring (bicyclic) bond motifs is 1. The number of benzene rings is 2. The second-order valence-electron chi connectivity index (χ2n) is 6.60. The maximum Gasteiger partial charge on any atom is 0.254 e. The maximum absolute atomic E-state index is 12.8. The summed E-state index contributed by atoms with van der Waals surface area (Å²) in [4.78, 5) is 17.0. The Kier molecular flexibility index (Phi) is 4.16. The highest BCUT2D eigenvalue weighted by molar-refractivity contribution is 5.96. The molecule has 0 spiro atoms. The first-order chi connectivity index (χ1) is 12.6. The van der Waals surface area contributed by atoms with Crippen LogP contribution in [0.2, 0.25) is 0 Å². The molecule has 2 N–H and O–H groups in total. The molecular formula is C20H21N5O. The number of nitrogen functional groups attached to an aromatic ring is 1. The van der Waals surface area contributed by atoms with Crippen LogP contribution in [-0.4, -0.2) is 47.2 Å². The molecule has 0 saturated carbocycles. The molecule has 1 fully saturated rings. The second-order valence-corrected chi connectivity index (χ2v) is 6.60. The van der Waals surface area contributed by atoms with E-state index in [4.69, 9.17) is 5.73 Å². The molecule has 0 atom stereocenters. The molecule has 3 aromatic rings. The van der Waals surface area contributed by atoms with Gasteiger partial charge < -0.3 is 15.5 Å². The summed E-state index contributed by atoms with van der Waals surface area (Å²) in [7, 11) is 0. The van der Waals surface area contributed by atoms with Gasteiger partial charge in [0.1, 0.15) is 0 Å². The summed E-state index contributed by atoms with van der Waals surface area (Å²) in [5.74, 6) is 0.562. The molecule has 0 bridgehead atoms. The number of carbonyl (C=O) groups excluding carboxylic acids is 1. The highest BCUT2D eigenvalue weighted by atomic mass is 16.2. The minimum absolute atomic E-state index is 0.115. The van der Waals surface area contributed by atoms with Gasteiger partial charge in [-0.15, -0.1) is 5.10 Å². The van der Waals surface area contributed by atoms with E-state index in [0.717, 1.165) is 40.7 Å². The Hall–Kier alpha value is -3.15. The fraction of sp³-hybridized carbons (Fsp3) is 0.250. The second kappa shape index (κ2) is 6.63. The number of amides is 1. The summed E-state index contributed by atoms with van der Waals surface area (Å²) < 4.78 is 0. The van der Waals surface area contributed by atoms with Crippen molar-refractivity contribution in [3.8, 4) is 0 Å². The van der Waals surface area contributed by atoms with E-state index in [1.807, 2.05) is 42.2 Å². The van der Waals surface area contributed by atoms with E-state index in [2.05, 4.69) is 27.2 Å². The summed E-state index contributed by atoms with van der Waals surface area (Å²) in [6, 6.07) is 13.9. The van der Waals surface area contributed by atoms with Crippen molar-refractivity contribution in [1.82, 2.24) is 15.1 Å². The molecular weight excluding hydrogens is 326 g/mol. The predicted octanol–water partition coefficient (Wildman–Crippen LogP) is 2.48. The summed E-state index contributed by atoms with van der Waals surface area (Å²) in [5, 5.41) is 9.71. The van der Waals surface area contributed by atoms with E-state index in [1.54, 1.807) is 6.20 Å². The van der Waals surface area contributed by atoms with Crippen molar-refractivity contribution >= 4 is 28.2 Å². The molecule has 6 nitrogen and oxygen atoms in total. The van der Waals surface area contributed by atoms with Crippen LogP contribution in [0.1, 0.15) is 15.9 Å². The van der Waals surface area contributed by atoms with Gasteiger partial charge in [0.15, 0.2) is 5.82 Å². The van der Waals surface area contributed by atoms with Gasteiger partial charge in [0.05, 0.1) is 6.20 Å². The molecule has 0 unspecified atom stereocenters. The molecule has 132 valence electrons. The number of anilines is 2. The third-order valence-corrected chi connectivity index (χ3v) is 4.98. The molecule has 0 aliphatic carbocycles. The molecule has 0 radical (unpaired) electrons. The zero-order valence-electron chi connectivity index (χ0n) is 14.7. The average Bonchev–Trinajstić information content (AvgIpc) is 2.68. The summed E-state index contributed by atoms with van der Waals surface area (Å²) in [6.07, 6.45) is 1.73. The van der Waals surface area contributed by atoms with Gasteiger partial charge in [0, 0.05) is 48.2 Å². The fourth-order valence-corrected chi connectivity index (χ4v) is 3.44. The molecule has 1 aliphatic rings. The van der Waals surface area contributed by atoms with Crippen molar-refractivity contribution in [2.24, 2.45) is 0 Å². The summed E-state index contributed by atoms with van der Waals surface area (Å²) in [5.41, 5.74) is 8.80. The van der Waals surface area contributed by atoms with Crippen LogP contribution in [0.25, 0.3) is 10.8 Å². The van der Waals surface area contributed by atoms with Crippen LogP contribution in [0.5, 0.6) is 0 Å². The molecule has 1 aliphatic heterocycles. The first kappa shape index (κ1) is 16.3. The maximum atomic E-state index is 12.8. The minimum atomic E-state index is 0.115. The van der Waals surface area contributed by atoms with E-state index in [-0.39, 0.29) is 5.91 Å². The molecule has 4 rings (SSSR count). The van der Waals surface area contributed by atoms with Crippen LogP contribution in [-0.2, 0) is 0 Å². The van der Waals surface area contributed by atoms with Gasteiger partial charge in [-0.25, -0.2) is 0 Å². The van der Waals surface area contributed by atoms with Gasteiger partial charge in [0.25, 0.3) is 5.91 Å². The number of piperazine rings is 1. The minimum Gasteiger partial charge on any atom is -0.382 e. The Labute approximate surface area is 152 Å². The Morgan fingerprint density at radius 2 is 1.85 bits per heavy atom. The van der Waals surface area contributed by atoms with Gasteiger partial charge >= 0.3 is 0 Å². The van der Waals surface area contributed by atoms with Crippen molar-refractivity contribution in [3.63, 3.8) is 0 Å². The predicted molar refractivity (Wildman–Crippen MR) is 103 cm³/mol. The number of aryl methyl sites for hydroxylation is 1. The summed E-state index contributed by atoms with van der Waals surface area (Å²) >= 11 is 0. The first-order valence-corrected chi connectivity index (χ1v) is 8.74. The number of aromatic nitrogens is 2. The third kappa shape index (κ3) is 2.94. The van der Waals surface area contributed by atoms with Gasteiger partial charge in [0.2, 0.25) is 0 Å². The smallest absolute Gasteiger partial charge is 0.254 e. The van der Waals surface area contributed by atoms with E-state index < -0.39 is 0 Å². The lowest BCUT2D eigenvalue weighted by Crippen LogP contribution is -2.48. The van der Waals surface area contributed by atoms with Gasteiger partial charge in [-0.3, -0.25) is 4.79 Å². The van der Waals surface area contributed by atoms with E-state index in [9.17, 15) is 4.79 Å². The lowest BCUT2D eigenvalue weighted by atomic mass is 10.1. The largest absolute Gasteiger partial charge is 0.382 e. The van der Waals surface area contributed by atoms with E-state index in [1.165, 1.54) is 0 Å². The Balaban J connectivity index is 1.48. The number of nitrogens with two attached hydrogens (primary N) is 1. The van der Waals surface area contributed by atoms with Crippen LogP contribution in [0.4, 0.5) is 11.5 Å². The van der Waals surface area contributed by atoms with Crippen LogP contribution in [0.3, 0.4) is 0 Å². The van der Waals surface area contributed by atoms with Crippen LogP contribution in [0, 0.1) is 6.92 Å². The summed E-state index contributed by atoms with van der Waals surface area (Å²) in [6.45, 7) is 5.01.